The molecule has 3 rings (SSSR count). The predicted octanol–water partition coefficient (Wildman–Crippen LogP) is 3.35. The molecule has 0 radical (unpaired) electrons. The second-order valence-electron chi connectivity index (χ2n) is 6.65. The van der Waals surface area contributed by atoms with Crippen LogP contribution in [0.15, 0.2) is 47.3 Å². The van der Waals surface area contributed by atoms with Gasteiger partial charge in [0, 0.05) is 35.8 Å². The summed E-state index contributed by atoms with van der Waals surface area (Å²) in [6, 6.07) is 9.00. The van der Waals surface area contributed by atoms with Crippen molar-refractivity contribution in [1.82, 2.24) is 9.55 Å². The molecule has 0 unspecified atom stereocenters. The number of carboxylic acids is 1. The van der Waals surface area contributed by atoms with Gasteiger partial charge in [0.1, 0.15) is 18.1 Å². The number of aliphatic carboxylic acids is 1. The molecule has 7 nitrogen and oxygen atoms in total. The van der Waals surface area contributed by atoms with Gasteiger partial charge in [-0.25, -0.2) is 14.3 Å². The van der Waals surface area contributed by atoms with Gasteiger partial charge in [0.2, 0.25) is 5.91 Å². The normalized spacial score (nSPS) is 11.6. The first kappa shape index (κ1) is 19.3. The fourth-order valence-corrected chi connectivity index (χ4v) is 3.09. The van der Waals surface area contributed by atoms with Gasteiger partial charge in [0.15, 0.2) is 0 Å². The first-order valence-electron chi connectivity index (χ1n) is 8.83. The number of benzene rings is 2. The van der Waals surface area contributed by atoms with Crippen molar-refractivity contribution in [3.63, 3.8) is 0 Å². The van der Waals surface area contributed by atoms with E-state index < -0.39 is 17.4 Å². The summed E-state index contributed by atoms with van der Waals surface area (Å²) in [5, 5.41) is 10.2. The van der Waals surface area contributed by atoms with E-state index in [2.05, 4.69) is 4.98 Å². The summed E-state index contributed by atoms with van der Waals surface area (Å²) in [7, 11) is 0. The molecule has 0 saturated heterocycles. The van der Waals surface area contributed by atoms with Crippen molar-refractivity contribution in [3.8, 4) is 5.75 Å². The zero-order chi connectivity index (χ0) is 20.4. The summed E-state index contributed by atoms with van der Waals surface area (Å²) in [4.78, 5) is 40.3. The van der Waals surface area contributed by atoms with Gasteiger partial charge in [-0.1, -0.05) is 38.1 Å². The van der Waals surface area contributed by atoms with Crippen LogP contribution in [0, 0.1) is 0 Å². The Morgan fingerprint density at radius 3 is 2.54 bits per heavy atom. The van der Waals surface area contributed by atoms with Gasteiger partial charge in [-0.2, -0.15) is 0 Å². The Labute approximate surface area is 160 Å². The van der Waals surface area contributed by atoms with Crippen LogP contribution in [-0.2, 0) is 4.79 Å². The number of carbonyl (C=O) groups is 2. The lowest BCUT2D eigenvalue weighted by Gasteiger charge is -2.15. The number of hydrogen-bond donors (Lipinski definition) is 1. The number of hydrogen-bond acceptors (Lipinski definition) is 5. The second kappa shape index (κ2) is 7.64. The smallest absolute Gasteiger partial charge is 0.328 e. The monoisotopic (exact) mass is 380 g/mol. The highest BCUT2D eigenvalue weighted by atomic mass is 16.5. The van der Waals surface area contributed by atoms with Crippen LogP contribution in [0.25, 0.3) is 21.8 Å². The maximum Gasteiger partial charge on any atom is 0.328 e. The highest BCUT2D eigenvalue weighted by molar-refractivity contribution is 6.08. The van der Waals surface area contributed by atoms with Gasteiger partial charge in [-0.3, -0.25) is 9.59 Å². The van der Waals surface area contributed by atoms with Gasteiger partial charge < -0.3 is 9.84 Å². The van der Waals surface area contributed by atoms with Crippen LogP contribution in [0.3, 0.4) is 0 Å². The Kier molecular flexibility index (Phi) is 5.26. The molecule has 0 spiro atoms. The summed E-state index contributed by atoms with van der Waals surface area (Å²) in [5.41, 5.74) is 0.785. The molecule has 0 aliphatic carbocycles. The third-order valence-electron chi connectivity index (χ3n) is 4.31. The maximum absolute atomic E-state index is 12.8. The van der Waals surface area contributed by atoms with E-state index in [9.17, 15) is 14.4 Å². The van der Waals surface area contributed by atoms with Gasteiger partial charge in [0.05, 0.1) is 11.0 Å². The van der Waals surface area contributed by atoms with E-state index in [0.717, 1.165) is 21.4 Å². The van der Waals surface area contributed by atoms with E-state index in [1.165, 1.54) is 13.0 Å². The van der Waals surface area contributed by atoms with E-state index in [-0.39, 0.29) is 12.5 Å². The SMILES string of the molecule is CC(=O)n1c(=O)c(C(C)C)nc2c3ccccc3c(OCC=CC(=O)O)cc21. The van der Waals surface area contributed by atoms with Crippen LogP contribution in [-0.4, -0.2) is 33.1 Å². The summed E-state index contributed by atoms with van der Waals surface area (Å²) in [5.74, 6) is -1.18. The molecule has 0 amide bonds. The van der Waals surface area contributed by atoms with Crippen LogP contribution in [0.1, 0.15) is 37.2 Å². The average Bonchev–Trinajstić information content (AvgIpc) is 2.63. The number of ether oxygens (including phenoxy) is 1. The summed E-state index contributed by atoms with van der Waals surface area (Å²) in [6.07, 6.45) is 2.37. The lowest BCUT2D eigenvalue weighted by molar-refractivity contribution is -0.131. The van der Waals surface area contributed by atoms with Crippen molar-refractivity contribution in [3.05, 3.63) is 58.5 Å². The third kappa shape index (κ3) is 3.51. The molecule has 0 fully saturated rings. The molecule has 7 heteroatoms. The molecule has 0 atom stereocenters. The minimum atomic E-state index is -1.07. The number of carboxylic acid groups (broad SMARTS) is 1. The Hall–Kier alpha value is -3.48. The Bertz CT molecular complexity index is 1170. The van der Waals surface area contributed by atoms with Crippen molar-refractivity contribution in [2.75, 3.05) is 6.61 Å². The molecular formula is C21H20N2O5. The van der Waals surface area contributed by atoms with Crippen molar-refractivity contribution >= 4 is 33.7 Å². The molecule has 1 N–H and O–H groups in total. The lowest BCUT2D eigenvalue weighted by atomic mass is 10.1. The highest BCUT2D eigenvalue weighted by Gasteiger charge is 2.19. The van der Waals surface area contributed by atoms with Crippen molar-refractivity contribution in [2.45, 2.75) is 26.7 Å². The zero-order valence-corrected chi connectivity index (χ0v) is 15.8. The zero-order valence-electron chi connectivity index (χ0n) is 15.8. The minimum absolute atomic E-state index is 0.0314. The number of fused-ring (bicyclic) bond motifs is 3. The second-order valence-corrected chi connectivity index (χ2v) is 6.65. The molecule has 1 heterocycles. The van der Waals surface area contributed by atoms with Crippen molar-refractivity contribution in [1.29, 1.82) is 0 Å². The molecule has 144 valence electrons. The summed E-state index contributed by atoms with van der Waals surface area (Å²) < 4.78 is 6.84. The van der Waals surface area contributed by atoms with Gasteiger partial charge in [-0.15, -0.1) is 0 Å². The molecular weight excluding hydrogens is 360 g/mol. The number of rotatable bonds is 5. The number of aromatic nitrogens is 2. The molecule has 0 aliphatic heterocycles. The molecule has 0 saturated carbocycles. The molecule has 2 aromatic carbocycles. The highest BCUT2D eigenvalue weighted by Crippen LogP contribution is 2.32. The quantitative estimate of drug-likeness (QED) is 0.538. The number of carbonyl (C=O) groups excluding carboxylic acids is 1. The van der Waals surface area contributed by atoms with Gasteiger partial charge in [0.25, 0.3) is 5.56 Å². The topological polar surface area (TPSA) is 98.5 Å². The predicted molar refractivity (Wildman–Crippen MR) is 106 cm³/mol. The van der Waals surface area contributed by atoms with E-state index in [1.807, 2.05) is 38.1 Å². The Morgan fingerprint density at radius 2 is 1.93 bits per heavy atom. The summed E-state index contributed by atoms with van der Waals surface area (Å²) in [6.45, 7) is 5.07. The molecule has 0 aliphatic rings. The van der Waals surface area contributed by atoms with Gasteiger partial charge >= 0.3 is 5.97 Å². The standard InChI is InChI=1S/C21H20N2O5/c1-12(2)19-21(27)23(13(3)24)16-11-17(28-10-6-9-18(25)26)14-7-4-5-8-15(14)20(16)22-19/h4-9,11-12H,10H2,1-3H3,(H,25,26). The van der Waals surface area contributed by atoms with Crippen molar-refractivity contribution in [2.24, 2.45) is 0 Å². The molecule has 3 aromatic rings. The van der Waals surface area contributed by atoms with Crippen molar-refractivity contribution < 1.29 is 19.4 Å². The van der Waals surface area contributed by atoms with Crippen LogP contribution in [0.4, 0.5) is 0 Å². The Balaban J connectivity index is 2.32. The largest absolute Gasteiger partial charge is 0.489 e. The molecule has 1 aromatic heterocycles. The van der Waals surface area contributed by atoms with Crippen LogP contribution >= 0.6 is 0 Å². The fourth-order valence-electron chi connectivity index (χ4n) is 3.09. The first-order valence-corrected chi connectivity index (χ1v) is 8.83. The van der Waals surface area contributed by atoms with E-state index in [4.69, 9.17) is 9.84 Å². The summed E-state index contributed by atoms with van der Waals surface area (Å²) >= 11 is 0. The van der Waals surface area contributed by atoms with Crippen LogP contribution < -0.4 is 10.3 Å². The Morgan fingerprint density at radius 1 is 1.25 bits per heavy atom. The van der Waals surface area contributed by atoms with Crippen LogP contribution in [0.5, 0.6) is 5.75 Å². The minimum Gasteiger partial charge on any atom is -0.489 e. The van der Waals surface area contributed by atoms with E-state index in [0.29, 0.717) is 22.5 Å². The third-order valence-corrected chi connectivity index (χ3v) is 4.31. The lowest BCUT2D eigenvalue weighted by Crippen LogP contribution is -2.30. The van der Waals surface area contributed by atoms with E-state index in [1.54, 1.807) is 6.07 Å². The van der Waals surface area contributed by atoms with E-state index >= 15 is 0 Å². The number of nitrogens with zero attached hydrogens (tertiary/aromatic N) is 2. The average molecular weight is 380 g/mol. The molecule has 28 heavy (non-hydrogen) atoms. The fraction of sp³-hybridized carbons (Fsp3) is 0.238. The van der Waals surface area contributed by atoms with Crippen LogP contribution in [0.2, 0.25) is 0 Å². The van der Waals surface area contributed by atoms with Gasteiger partial charge in [-0.05, 0) is 6.08 Å². The first-order chi connectivity index (χ1) is 13.3. The maximum atomic E-state index is 12.8. The molecule has 0 bridgehead atoms.